The lowest BCUT2D eigenvalue weighted by Gasteiger charge is -2.29. The Balaban J connectivity index is 1.48. The van der Waals surface area contributed by atoms with Gasteiger partial charge in [0.2, 0.25) is 10.0 Å². The van der Waals surface area contributed by atoms with Crippen molar-refractivity contribution in [2.45, 2.75) is 37.6 Å². The van der Waals surface area contributed by atoms with Gasteiger partial charge in [-0.15, -0.1) is 0 Å². The molecule has 8 heteroatoms. The number of rotatable bonds is 9. The van der Waals surface area contributed by atoms with Crippen LogP contribution < -0.4 is 10.0 Å². The number of nitrogens with zero attached hydrogens (tertiary/aromatic N) is 1. The van der Waals surface area contributed by atoms with Crippen LogP contribution in [0.15, 0.2) is 52.0 Å². The molecule has 158 valence electrons. The van der Waals surface area contributed by atoms with Gasteiger partial charge >= 0.3 is 0 Å². The molecule has 2 N–H and O–H groups in total. The molecule has 7 nitrogen and oxygen atoms in total. The zero-order valence-electron chi connectivity index (χ0n) is 16.8. The summed E-state index contributed by atoms with van der Waals surface area (Å²) in [5.74, 6) is 0.703. The van der Waals surface area contributed by atoms with Crippen LogP contribution in [0.2, 0.25) is 0 Å². The highest BCUT2D eigenvalue weighted by atomic mass is 32.2. The molecule has 0 aliphatic carbocycles. The van der Waals surface area contributed by atoms with E-state index in [2.05, 4.69) is 21.9 Å². The zero-order chi connectivity index (χ0) is 20.7. The lowest BCUT2D eigenvalue weighted by molar-refractivity contribution is 0.0942. The summed E-state index contributed by atoms with van der Waals surface area (Å²) in [7, 11) is -3.67. The van der Waals surface area contributed by atoms with E-state index in [9.17, 15) is 13.2 Å². The molecular formula is C21H29N3O4S. The van der Waals surface area contributed by atoms with Crippen molar-refractivity contribution in [3.8, 4) is 0 Å². The number of likely N-dealkylation sites (tertiary alicyclic amines) is 1. The number of furan rings is 1. The summed E-state index contributed by atoms with van der Waals surface area (Å²) >= 11 is 0. The maximum atomic E-state index is 12.4. The number of sulfonamides is 1. The Kier molecular flexibility index (Phi) is 7.46. The summed E-state index contributed by atoms with van der Waals surface area (Å²) in [6, 6.07) is 9.35. The first-order chi connectivity index (χ1) is 13.9. The first kappa shape index (κ1) is 21.5. The van der Waals surface area contributed by atoms with Crippen LogP contribution in [0.4, 0.5) is 0 Å². The summed E-state index contributed by atoms with van der Waals surface area (Å²) in [6.07, 6.45) is 5.31. The van der Waals surface area contributed by atoms with Gasteiger partial charge in [-0.3, -0.25) is 4.79 Å². The maximum Gasteiger partial charge on any atom is 0.251 e. The van der Waals surface area contributed by atoms with Crippen LogP contribution in [0.3, 0.4) is 0 Å². The Labute approximate surface area is 172 Å². The van der Waals surface area contributed by atoms with Gasteiger partial charge in [-0.25, -0.2) is 13.1 Å². The SMILES string of the molecule is CC(CNC(=O)c1ccc(S(=O)(=O)NCc2ccco2)cc1)CN1CCCCC1. The molecule has 1 aromatic heterocycles. The number of amides is 1. The third-order valence-electron chi connectivity index (χ3n) is 5.07. The number of nitrogens with one attached hydrogen (secondary N) is 2. The molecule has 1 aliphatic rings. The van der Waals surface area contributed by atoms with Crippen molar-refractivity contribution in [1.29, 1.82) is 0 Å². The van der Waals surface area contributed by atoms with E-state index in [-0.39, 0.29) is 17.3 Å². The van der Waals surface area contributed by atoms with Gasteiger partial charge in [0.25, 0.3) is 5.91 Å². The fourth-order valence-corrected chi connectivity index (χ4v) is 4.46. The smallest absolute Gasteiger partial charge is 0.251 e. The monoisotopic (exact) mass is 419 g/mol. The molecule has 1 fully saturated rings. The number of carbonyl (C=O) groups excluding carboxylic acids is 1. The fraction of sp³-hybridized carbons (Fsp3) is 0.476. The van der Waals surface area contributed by atoms with Crippen LogP contribution in [0.5, 0.6) is 0 Å². The molecule has 1 atom stereocenters. The summed E-state index contributed by atoms with van der Waals surface area (Å²) < 4.78 is 32.3. The molecular weight excluding hydrogens is 390 g/mol. The highest BCUT2D eigenvalue weighted by molar-refractivity contribution is 7.89. The lowest BCUT2D eigenvalue weighted by atomic mass is 10.1. The predicted molar refractivity (Wildman–Crippen MR) is 111 cm³/mol. The summed E-state index contributed by atoms with van der Waals surface area (Å²) in [5.41, 5.74) is 0.445. The minimum atomic E-state index is -3.67. The Morgan fingerprint density at radius 1 is 1.14 bits per heavy atom. The molecule has 0 spiro atoms. The molecule has 1 amide bonds. The van der Waals surface area contributed by atoms with Gasteiger partial charge in [-0.2, -0.15) is 0 Å². The third-order valence-corrected chi connectivity index (χ3v) is 6.49. The topological polar surface area (TPSA) is 91.6 Å². The van der Waals surface area contributed by atoms with Gasteiger partial charge in [-0.05, 0) is 68.2 Å². The van der Waals surface area contributed by atoms with Gasteiger partial charge in [0.05, 0.1) is 17.7 Å². The molecule has 2 heterocycles. The van der Waals surface area contributed by atoms with Crippen molar-refractivity contribution in [2.75, 3.05) is 26.2 Å². The fourth-order valence-electron chi connectivity index (χ4n) is 3.46. The van der Waals surface area contributed by atoms with E-state index in [1.807, 2.05) is 0 Å². The lowest BCUT2D eigenvalue weighted by Crippen LogP contribution is -2.38. The van der Waals surface area contributed by atoms with Crippen LogP contribution in [-0.4, -0.2) is 45.4 Å². The Morgan fingerprint density at radius 2 is 1.86 bits per heavy atom. The van der Waals surface area contributed by atoms with E-state index in [1.165, 1.54) is 49.8 Å². The molecule has 2 aromatic rings. The minimum Gasteiger partial charge on any atom is -0.468 e. The molecule has 1 unspecified atom stereocenters. The number of benzene rings is 1. The molecule has 3 rings (SSSR count). The van der Waals surface area contributed by atoms with Crippen LogP contribution in [0.25, 0.3) is 0 Å². The van der Waals surface area contributed by atoms with Crippen molar-refractivity contribution >= 4 is 15.9 Å². The summed E-state index contributed by atoms with van der Waals surface area (Å²) in [4.78, 5) is 14.9. The van der Waals surface area contributed by atoms with Gasteiger partial charge < -0.3 is 14.6 Å². The van der Waals surface area contributed by atoms with E-state index in [0.29, 0.717) is 23.8 Å². The molecule has 1 aliphatic heterocycles. The first-order valence-corrected chi connectivity index (χ1v) is 11.5. The molecule has 29 heavy (non-hydrogen) atoms. The van der Waals surface area contributed by atoms with E-state index in [0.717, 1.165) is 19.6 Å². The molecule has 0 radical (unpaired) electrons. The molecule has 0 bridgehead atoms. The number of hydrogen-bond donors (Lipinski definition) is 2. The largest absolute Gasteiger partial charge is 0.468 e. The van der Waals surface area contributed by atoms with Gasteiger partial charge in [0.1, 0.15) is 5.76 Å². The van der Waals surface area contributed by atoms with Crippen molar-refractivity contribution in [3.63, 3.8) is 0 Å². The summed E-state index contributed by atoms with van der Waals surface area (Å²) in [5, 5.41) is 2.95. The average molecular weight is 420 g/mol. The van der Waals surface area contributed by atoms with E-state index in [4.69, 9.17) is 4.42 Å². The Morgan fingerprint density at radius 3 is 2.52 bits per heavy atom. The quantitative estimate of drug-likeness (QED) is 0.652. The van der Waals surface area contributed by atoms with E-state index >= 15 is 0 Å². The van der Waals surface area contributed by atoms with Crippen molar-refractivity contribution in [3.05, 3.63) is 54.0 Å². The van der Waals surface area contributed by atoms with E-state index < -0.39 is 10.0 Å². The zero-order valence-corrected chi connectivity index (χ0v) is 17.6. The van der Waals surface area contributed by atoms with Crippen LogP contribution in [0.1, 0.15) is 42.3 Å². The second-order valence-corrected chi connectivity index (χ2v) is 9.37. The second kappa shape index (κ2) is 10.0. The second-order valence-electron chi connectivity index (χ2n) is 7.60. The number of hydrogen-bond acceptors (Lipinski definition) is 5. The highest BCUT2D eigenvalue weighted by Crippen LogP contribution is 2.13. The number of carbonyl (C=O) groups is 1. The maximum absolute atomic E-state index is 12.4. The van der Waals surface area contributed by atoms with Crippen molar-refractivity contribution in [2.24, 2.45) is 5.92 Å². The first-order valence-electron chi connectivity index (χ1n) is 10.1. The van der Waals surface area contributed by atoms with Crippen LogP contribution in [-0.2, 0) is 16.6 Å². The normalized spacial score (nSPS) is 16.4. The Hall–Kier alpha value is -2.16. The molecule has 1 saturated heterocycles. The van der Waals surface area contributed by atoms with E-state index in [1.54, 1.807) is 12.1 Å². The molecule has 1 aromatic carbocycles. The number of piperidine rings is 1. The van der Waals surface area contributed by atoms with Crippen molar-refractivity contribution < 1.29 is 17.6 Å². The predicted octanol–water partition coefficient (Wildman–Crippen LogP) is 2.61. The van der Waals surface area contributed by atoms with Gasteiger partial charge in [0, 0.05) is 18.7 Å². The summed E-state index contributed by atoms with van der Waals surface area (Å²) in [6.45, 7) is 6.07. The van der Waals surface area contributed by atoms with Crippen molar-refractivity contribution in [1.82, 2.24) is 14.9 Å². The van der Waals surface area contributed by atoms with Gasteiger partial charge in [-0.1, -0.05) is 13.3 Å². The average Bonchev–Trinajstić information content (AvgIpc) is 3.25. The standard InChI is InChI=1S/C21H29N3O4S/c1-17(16-24-11-3-2-4-12-24)14-22-21(25)18-7-9-20(10-8-18)29(26,27)23-15-19-6-5-13-28-19/h5-10,13,17,23H,2-4,11-12,14-16H2,1H3,(H,22,25). The van der Waals surface area contributed by atoms with Gasteiger partial charge in [0.15, 0.2) is 0 Å². The Bertz CT molecular complexity index is 873. The molecule has 0 saturated carbocycles. The third kappa shape index (κ3) is 6.42. The van der Waals surface area contributed by atoms with Crippen LogP contribution in [0, 0.1) is 5.92 Å². The minimum absolute atomic E-state index is 0.0759. The van der Waals surface area contributed by atoms with Crippen LogP contribution >= 0.6 is 0 Å². The highest BCUT2D eigenvalue weighted by Gasteiger charge is 2.17.